The zero-order valence-electron chi connectivity index (χ0n) is 15.1. The fourth-order valence-electron chi connectivity index (χ4n) is 4.33. The highest BCUT2D eigenvalue weighted by Crippen LogP contribution is 2.33. The zero-order valence-corrected chi connectivity index (χ0v) is 15.1. The molecule has 2 bridgehead atoms. The molecule has 4 aliphatic rings. The minimum absolute atomic E-state index is 0.180. The number of anilines is 1. The number of amides is 1. The van der Waals surface area contributed by atoms with Crippen molar-refractivity contribution in [2.75, 3.05) is 31.3 Å². The molecule has 0 N–H and O–H groups in total. The van der Waals surface area contributed by atoms with E-state index in [4.69, 9.17) is 9.47 Å². The van der Waals surface area contributed by atoms with Crippen LogP contribution in [0.2, 0.25) is 0 Å². The lowest BCUT2D eigenvalue weighted by molar-refractivity contribution is -0.134. The predicted octanol–water partition coefficient (Wildman–Crippen LogP) is 1.88. The van der Waals surface area contributed by atoms with Gasteiger partial charge in [0.25, 0.3) is 0 Å². The van der Waals surface area contributed by atoms with E-state index in [1.54, 1.807) is 12.4 Å². The number of ether oxygens (including phenoxy) is 2. The molecule has 1 amide bonds. The second-order valence-electron chi connectivity index (χ2n) is 7.46. The summed E-state index contributed by atoms with van der Waals surface area (Å²) in [5.41, 5.74) is 0.965. The smallest absolute Gasteiger partial charge is 0.231 e. The SMILES string of the molecule is O=C(Cc1ccc2c(c1)OCO2)N1CC2CCC1CN(c1ncccn1)C2. The van der Waals surface area contributed by atoms with E-state index in [0.717, 1.165) is 55.5 Å². The predicted molar refractivity (Wildman–Crippen MR) is 98.7 cm³/mol. The van der Waals surface area contributed by atoms with E-state index in [0.29, 0.717) is 12.3 Å². The lowest BCUT2D eigenvalue weighted by Crippen LogP contribution is -2.48. The van der Waals surface area contributed by atoms with Crippen LogP contribution in [0.4, 0.5) is 5.95 Å². The first-order valence-corrected chi connectivity index (χ1v) is 9.46. The van der Waals surface area contributed by atoms with Crippen LogP contribution in [0.25, 0.3) is 0 Å². The van der Waals surface area contributed by atoms with Crippen LogP contribution in [-0.4, -0.2) is 53.2 Å². The van der Waals surface area contributed by atoms with Crippen LogP contribution in [-0.2, 0) is 11.2 Å². The molecule has 2 atom stereocenters. The van der Waals surface area contributed by atoms with Crippen molar-refractivity contribution in [1.82, 2.24) is 14.9 Å². The number of fused-ring (bicyclic) bond motifs is 5. The van der Waals surface area contributed by atoms with Gasteiger partial charge in [-0.1, -0.05) is 6.07 Å². The van der Waals surface area contributed by atoms with Crippen molar-refractivity contribution in [3.63, 3.8) is 0 Å². The molecule has 5 heterocycles. The van der Waals surface area contributed by atoms with Gasteiger partial charge in [0.15, 0.2) is 11.5 Å². The molecule has 2 unspecified atom stereocenters. The zero-order chi connectivity index (χ0) is 18.2. The Balaban J connectivity index is 1.31. The quantitative estimate of drug-likeness (QED) is 0.826. The van der Waals surface area contributed by atoms with Crippen LogP contribution < -0.4 is 14.4 Å². The van der Waals surface area contributed by atoms with Gasteiger partial charge in [-0.2, -0.15) is 0 Å². The molecule has 2 aromatic rings. The number of benzene rings is 1. The highest BCUT2D eigenvalue weighted by atomic mass is 16.7. The van der Waals surface area contributed by atoms with E-state index < -0.39 is 0 Å². The maximum atomic E-state index is 13.1. The molecule has 4 aliphatic heterocycles. The number of nitrogens with zero attached hydrogens (tertiary/aromatic N) is 4. The summed E-state index contributed by atoms with van der Waals surface area (Å²) in [6.45, 7) is 2.78. The van der Waals surface area contributed by atoms with Gasteiger partial charge >= 0.3 is 0 Å². The van der Waals surface area contributed by atoms with Crippen LogP contribution >= 0.6 is 0 Å². The molecule has 3 fully saturated rings. The molecule has 6 rings (SSSR count). The lowest BCUT2D eigenvalue weighted by Gasteiger charge is -2.36. The molecule has 0 aliphatic carbocycles. The molecule has 7 nitrogen and oxygen atoms in total. The first-order valence-electron chi connectivity index (χ1n) is 9.46. The fourth-order valence-corrected chi connectivity index (χ4v) is 4.33. The van der Waals surface area contributed by atoms with Gasteiger partial charge in [-0.25, -0.2) is 9.97 Å². The average Bonchev–Trinajstić information content (AvgIpc) is 2.97. The Morgan fingerprint density at radius 2 is 1.93 bits per heavy atom. The molecule has 0 radical (unpaired) electrons. The third-order valence-electron chi connectivity index (χ3n) is 5.66. The number of carbonyl (C=O) groups is 1. The number of carbonyl (C=O) groups excluding carboxylic acids is 1. The van der Waals surface area contributed by atoms with Gasteiger partial charge in [0.05, 0.1) is 6.42 Å². The van der Waals surface area contributed by atoms with Gasteiger partial charge in [-0.05, 0) is 42.5 Å². The van der Waals surface area contributed by atoms with Crippen LogP contribution in [0, 0.1) is 5.92 Å². The molecule has 27 heavy (non-hydrogen) atoms. The van der Waals surface area contributed by atoms with E-state index >= 15 is 0 Å². The van der Waals surface area contributed by atoms with Crippen molar-refractivity contribution >= 4 is 11.9 Å². The van der Waals surface area contributed by atoms with E-state index in [9.17, 15) is 4.79 Å². The Bertz CT molecular complexity index is 844. The summed E-state index contributed by atoms with van der Waals surface area (Å²) in [6.07, 6.45) is 6.14. The number of aromatic nitrogens is 2. The lowest BCUT2D eigenvalue weighted by atomic mass is 9.94. The minimum atomic E-state index is 0.180. The fraction of sp³-hybridized carbons (Fsp3) is 0.450. The maximum Gasteiger partial charge on any atom is 0.231 e. The molecule has 1 aromatic heterocycles. The summed E-state index contributed by atoms with van der Waals surface area (Å²) in [5.74, 6) is 2.88. The van der Waals surface area contributed by atoms with Crippen molar-refractivity contribution in [3.8, 4) is 11.5 Å². The highest BCUT2D eigenvalue weighted by molar-refractivity contribution is 5.79. The number of hydrogen-bond donors (Lipinski definition) is 0. The Morgan fingerprint density at radius 1 is 1.07 bits per heavy atom. The monoisotopic (exact) mass is 366 g/mol. The topological polar surface area (TPSA) is 67.8 Å². The van der Waals surface area contributed by atoms with Gasteiger partial charge in [-0.15, -0.1) is 0 Å². The molecule has 7 heteroatoms. The summed E-state index contributed by atoms with van der Waals surface area (Å²) >= 11 is 0. The molecule has 1 aromatic carbocycles. The molecular formula is C20H22N4O3. The number of hydrogen-bond acceptors (Lipinski definition) is 6. The molecular weight excluding hydrogens is 344 g/mol. The van der Waals surface area contributed by atoms with E-state index in [1.165, 1.54) is 0 Å². The number of piperidine rings is 1. The van der Waals surface area contributed by atoms with Gasteiger partial charge in [0.2, 0.25) is 18.6 Å². The number of rotatable bonds is 3. The largest absolute Gasteiger partial charge is 0.454 e. The van der Waals surface area contributed by atoms with Crippen LogP contribution in [0.1, 0.15) is 18.4 Å². The average molecular weight is 366 g/mol. The highest BCUT2D eigenvalue weighted by Gasteiger charge is 2.37. The Kier molecular flexibility index (Phi) is 4.07. The Hall–Kier alpha value is -2.83. The summed E-state index contributed by atoms with van der Waals surface area (Å²) < 4.78 is 10.8. The minimum Gasteiger partial charge on any atom is -0.454 e. The maximum absolute atomic E-state index is 13.1. The molecule has 0 saturated carbocycles. The summed E-state index contributed by atoms with van der Waals surface area (Å²) in [6, 6.07) is 7.80. The summed E-state index contributed by atoms with van der Waals surface area (Å²) in [4.78, 5) is 26.2. The van der Waals surface area contributed by atoms with Crippen molar-refractivity contribution in [2.45, 2.75) is 25.3 Å². The molecule has 0 spiro atoms. The Morgan fingerprint density at radius 3 is 2.81 bits per heavy atom. The summed E-state index contributed by atoms with van der Waals surface area (Å²) in [7, 11) is 0. The molecule has 140 valence electrons. The van der Waals surface area contributed by atoms with Crippen molar-refractivity contribution in [2.24, 2.45) is 5.92 Å². The Labute approximate surface area is 157 Å². The van der Waals surface area contributed by atoms with Crippen LogP contribution in [0.5, 0.6) is 11.5 Å². The van der Waals surface area contributed by atoms with E-state index in [1.807, 2.05) is 24.3 Å². The van der Waals surface area contributed by atoms with E-state index in [-0.39, 0.29) is 18.7 Å². The van der Waals surface area contributed by atoms with Gasteiger partial charge in [0, 0.05) is 38.1 Å². The van der Waals surface area contributed by atoms with Crippen molar-refractivity contribution in [3.05, 3.63) is 42.2 Å². The van der Waals surface area contributed by atoms with Crippen molar-refractivity contribution < 1.29 is 14.3 Å². The first kappa shape index (κ1) is 16.4. The molecule has 3 saturated heterocycles. The van der Waals surface area contributed by atoms with Crippen LogP contribution in [0.3, 0.4) is 0 Å². The standard InChI is InChI=1S/C20H22N4O3/c25-19(9-14-3-5-17-18(8-14)27-13-26-17)24-11-15-2-4-16(24)12-23(10-15)20-21-6-1-7-22-20/h1,3,5-8,15-16H,2,4,9-13H2. The van der Waals surface area contributed by atoms with Gasteiger partial charge < -0.3 is 19.3 Å². The van der Waals surface area contributed by atoms with E-state index in [2.05, 4.69) is 19.8 Å². The van der Waals surface area contributed by atoms with Gasteiger partial charge in [-0.3, -0.25) is 4.79 Å². The van der Waals surface area contributed by atoms with Crippen molar-refractivity contribution in [1.29, 1.82) is 0 Å². The summed E-state index contributed by atoms with van der Waals surface area (Å²) in [5, 5.41) is 0. The van der Waals surface area contributed by atoms with Gasteiger partial charge in [0.1, 0.15) is 0 Å². The second-order valence-corrected chi connectivity index (χ2v) is 7.46. The first-order chi connectivity index (χ1) is 13.3. The third-order valence-corrected chi connectivity index (χ3v) is 5.66. The second kappa shape index (κ2) is 6.72. The van der Waals surface area contributed by atoms with Crippen LogP contribution in [0.15, 0.2) is 36.7 Å². The normalized spacial score (nSPS) is 23.4. The third kappa shape index (κ3) is 3.18.